The Morgan fingerprint density at radius 1 is 1.06 bits per heavy atom. The molecule has 0 unspecified atom stereocenters. The highest BCUT2D eigenvalue weighted by atomic mass is 16.5. The summed E-state index contributed by atoms with van der Waals surface area (Å²) < 4.78 is 10.6. The van der Waals surface area contributed by atoms with E-state index in [0.717, 1.165) is 11.1 Å². The van der Waals surface area contributed by atoms with Crippen LogP contribution in [0.1, 0.15) is 23.1 Å². The third-order valence-corrected chi connectivity index (χ3v) is 7.45. The molecule has 188 valence electrons. The number of benzene rings is 2. The average molecular weight is 493 g/mol. The number of nitrogens with two attached hydrogens (primary N) is 1. The number of methoxy groups -OCH3 is 2. The van der Waals surface area contributed by atoms with E-state index < -0.39 is 47.0 Å². The van der Waals surface area contributed by atoms with Crippen molar-refractivity contribution in [3.63, 3.8) is 0 Å². The number of imide groups is 1. The van der Waals surface area contributed by atoms with Gasteiger partial charge in [-0.25, -0.2) is 0 Å². The van der Waals surface area contributed by atoms with E-state index in [1.54, 1.807) is 25.3 Å². The molecule has 0 saturated carbocycles. The number of carbonyl (C=O) groups excluding carboxylic acids is 4. The first kappa shape index (κ1) is 23.8. The summed E-state index contributed by atoms with van der Waals surface area (Å²) in [6, 6.07) is 10.2. The molecular formula is C26H28N4O6. The third-order valence-electron chi connectivity index (χ3n) is 7.45. The van der Waals surface area contributed by atoms with Gasteiger partial charge >= 0.3 is 0 Å². The Morgan fingerprint density at radius 2 is 1.81 bits per heavy atom. The lowest BCUT2D eigenvalue weighted by atomic mass is 9.76. The van der Waals surface area contributed by atoms with Gasteiger partial charge in [0.05, 0.1) is 26.1 Å². The summed E-state index contributed by atoms with van der Waals surface area (Å²) in [5, 5.41) is 6.05. The Morgan fingerprint density at radius 3 is 2.50 bits per heavy atom. The van der Waals surface area contributed by atoms with Gasteiger partial charge in [-0.3, -0.25) is 29.4 Å². The molecule has 3 aliphatic rings. The number of carbonyl (C=O) groups is 4. The predicted molar refractivity (Wildman–Crippen MR) is 129 cm³/mol. The van der Waals surface area contributed by atoms with E-state index in [-0.39, 0.29) is 13.0 Å². The molecule has 0 aromatic heterocycles. The number of nitrogens with one attached hydrogen (secondary N) is 2. The van der Waals surface area contributed by atoms with E-state index in [2.05, 4.69) is 10.6 Å². The minimum atomic E-state index is -1.45. The Labute approximate surface area is 208 Å². The Hall–Kier alpha value is -3.92. The first-order valence-corrected chi connectivity index (χ1v) is 11.8. The molecule has 10 nitrogen and oxygen atoms in total. The monoisotopic (exact) mass is 492 g/mol. The lowest BCUT2D eigenvalue weighted by Gasteiger charge is -2.29. The molecule has 10 heteroatoms. The topological polar surface area (TPSA) is 140 Å². The van der Waals surface area contributed by atoms with E-state index in [1.165, 1.54) is 12.0 Å². The quantitative estimate of drug-likeness (QED) is 0.487. The Bertz CT molecular complexity index is 1290. The Kier molecular flexibility index (Phi) is 5.71. The number of anilines is 1. The fraction of sp³-hybridized carbons (Fsp3) is 0.385. The zero-order valence-corrected chi connectivity index (χ0v) is 20.3. The molecule has 0 aliphatic carbocycles. The molecule has 4 N–H and O–H groups in total. The van der Waals surface area contributed by atoms with Crippen molar-refractivity contribution in [3.05, 3.63) is 53.1 Å². The van der Waals surface area contributed by atoms with Crippen LogP contribution in [0.2, 0.25) is 0 Å². The first-order valence-electron chi connectivity index (χ1n) is 11.8. The van der Waals surface area contributed by atoms with Crippen LogP contribution in [-0.4, -0.2) is 55.3 Å². The van der Waals surface area contributed by atoms with E-state index in [1.807, 2.05) is 25.1 Å². The predicted octanol–water partition coefficient (Wildman–Crippen LogP) is 0.851. The summed E-state index contributed by atoms with van der Waals surface area (Å²) in [7, 11) is 3.08. The number of aryl methyl sites for hydroxylation is 1. The third kappa shape index (κ3) is 3.43. The van der Waals surface area contributed by atoms with Crippen LogP contribution >= 0.6 is 0 Å². The van der Waals surface area contributed by atoms with Gasteiger partial charge in [0.15, 0.2) is 11.5 Å². The largest absolute Gasteiger partial charge is 0.493 e. The van der Waals surface area contributed by atoms with Crippen molar-refractivity contribution in [1.82, 2.24) is 10.2 Å². The summed E-state index contributed by atoms with van der Waals surface area (Å²) in [5.41, 5.74) is 6.99. The van der Waals surface area contributed by atoms with Gasteiger partial charge < -0.3 is 20.5 Å². The number of primary amides is 1. The van der Waals surface area contributed by atoms with Crippen LogP contribution in [0.3, 0.4) is 0 Å². The SMILES string of the molecule is COc1ccc(CCN2C(=O)[C@@H]3[C@H](CC(N)=O)N[C@@]4(C(=O)Nc5ccc(C)cc54)[C@@H]3C2=O)cc1OC. The number of rotatable bonds is 7. The van der Waals surface area contributed by atoms with Gasteiger partial charge in [-0.2, -0.15) is 0 Å². The van der Waals surface area contributed by atoms with Crippen LogP contribution in [0.5, 0.6) is 11.5 Å². The zero-order valence-electron chi connectivity index (χ0n) is 20.3. The summed E-state index contributed by atoms with van der Waals surface area (Å²) in [6.07, 6.45) is 0.222. The molecular weight excluding hydrogens is 464 g/mol. The van der Waals surface area contributed by atoms with Crippen LogP contribution in [0.25, 0.3) is 0 Å². The zero-order chi connectivity index (χ0) is 25.8. The molecule has 0 bridgehead atoms. The van der Waals surface area contributed by atoms with E-state index in [0.29, 0.717) is 29.2 Å². The number of nitrogens with zero attached hydrogens (tertiary/aromatic N) is 1. The van der Waals surface area contributed by atoms with Gasteiger partial charge in [-0.15, -0.1) is 0 Å². The molecule has 4 atom stereocenters. The van der Waals surface area contributed by atoms with Crippen LogP contribution in [0.15, 0.2) is 36.4 Å². The van der Waals surface area contributed by atoms with Crippen molar-refractivity contribution in [1.29, 1.82) is 0 Å². The standard InChI is InChI=1S/C26H28N4O6/c1-13-4-6-16-15(10-13)26(25(34)28-16)22-21(17(29-26)12-20(27)31)23(32)30(24(22)33)9-8-14-5-7-18(35-2)19(11-14)36-3/h4-7,10-11,17,21-22,29H,8-9,12H2,1-3H3,(H2,27,31)(H,28,34)/t17-,21+,22-,26+/m0/s1. The summed E-state index contributed by atoms with van der Waals surface area (Å²) >= 11 is 0. The normalized spacial score (nSPS) is 26.2. The van der Waals surface area contributed by atoms with E-state index >= 15 is 0 Å². The summed E-state index contributed by atoms with van der Waals surface area (Å²) in [6.45, 7) is 2.02. The first-order chi connectivity index (χ1) is 17.2. The van der Waals surface area contributed by atoms with E-state index in [4.69, 9.17) is 15.2 Å². The molecule has 5 rings (SSSR count). The number of fused-ring (bicyclic) bond motifs is 4. The molecule has 2 aromatic carbocycles. The van der Waals surface area contributed by atoms with Crippen molar-refractivity contribution < 1.29 is 28.7 Å². The molecule has 4 amide bonds. The van der Waals surface area contributed by atoms with Gasteiger partial charge in [0.25, 0.3) is 0 Å². The molecule has 2 aromatic rings. The fourth-order valence-electron chi connectivity index (χ4n) is 5.86. The highest BCUT2D eigenvalue weighted by molar-refractivity contribution is 6.15. The van der Waals surface area contributed by atoms with Crippen molar-refractivity contribution >= 4 is 29.3 Å². The maximum atomic E-state index is 13.8. The van der Waals surface area contributed by atoms with Crippen LogP contribution in [0.4, 0.5) is 5.69 Å². The average Bonchev–Trinajstić information content (AvgIpc) is 3.41. The highest BCUT2D eigenvalue weighted by Crippen LogP contribution is 2.53. The molecule has 36 heavy (non-hydrogen) atoms. The van der Waals surface area contributed by atoms with Crippen LogP contribution in [0, 0.1) is 18.8 Å². The van der Waals surface area contributed by atoms with Crippen LogP contribution in [-0.2, 0) is 31.1 Å². The van der Waals surface area contributed by atoms with Crippen molar-refractivity contribution in [3.8, 4) is 11.5 Å². The molecule has 3 aliphatic heterocycles. The molecule has 0 radical (unpaired) electrons. The van der Waals surface area contributed by atoms with Gasteiger partial charge in [0.1, 0.15) is 5.54 Å². The summed E-state index contributed by atoms with van der Waals surface area (Å²) in [5.74, 6) is -2.61. The number of ether oxygens (including phenoxy) is 2. The van der Waals surface area contributed by atoms with Gasteiger partial charge in [0.2, 0.25) is 23.6 Å². The molecule has 1 spiro atoms. The van der Waals surface area contributed by atoms with Gasteiger partial charge in [0, 0.05) is 30.3 Å². The maximum Gasteiger partial charge on any atom is 0.250 e. The number of likely N-dealkylation sites (tertiary alicyclic amines) is 1. The molecule has 2 fully saturated rings. The molecule has 2 saturated heterocycles. The van der Waals surface area contributed by atoms with Crippen LogP contribution < -0.4 is 25.8 Å². The smallest absolute Gasteiger partial charge is 0.250 e. The lowest BCUT2D eigenvalue weighted by Crippen LogP contribution is -2.53. The Balaban J connectivity index is 1.49. The van der Waals surface area contributed by atoms with Crippen molar-refractivity contribution in [2.24, 2.45) is 17.6 Å². The second-order valence-corrected chi connectivity index (χ2v) is 9.50. The second kappa shape index (κ2) is 8.63. The minimum absolute atomic E-state index is 0.127. The highest BCUT2D eigenvalue weighted by Gasteiger charge is 2.70. The molecule has 3 heterocycles. The minimum Gasteiger partial charge on any atom is -0.493 e. The second-order valence-electron chi connectivity index (χ2n) is 9.50. The maximum absolute atomic E-state index is 13.8. The van der Waals surface area contributed by atoms with Crippen molar-refractivity contribution in [2.45, 2.75) is 31.3 Å². The van der Waals surface area contributed by atoms with E-state index in [9.17, 15) is 19.2 Å². The van der Waals surface area contributed by atoms with Crippen molar-refractivity contribution in [2.75, 3.05) is 26.1 Å². The number of amides is 4. The number of hydrogen-bond donors (Lipinski definition) is 3. The number of hydrogen-bond acceptors (Lipinski definition) is 7. The fourth-order valence-corrected chi connectivity index (χ4v) is 5.86. The summed E-state index contributed by atoms with van der Waals surface area (Å²) in [4.78, 5) is 53.9. The lowest BCUT2D eigenvalue weighted by molar-refractivity contribution is -0.142. The van der Waals surface area contributed by atoms with Gasteiger partial charge in [-0.1, -0.05) is 23.8 Å². The van der Waals surface area contributed by atoms with Gasteiger partial charge in [-0.05, 0) is 37.1 Å².